The first kappa shape index (κ1) is 18.9. The summed E-state index contributed by atoms with van der Waals surface area (Å²) in [6, 6.07) is 5.66. The first-order chi connectivity index (χ1) is 12.5. The monoisotopic (exact) mass is 369 g/mol. The molecule has 0 unspecified atom stereocenters. The third kappa shape index (κ3) is 3.97. The number of primary amides is 1. The molecule has 1 aromatic carbocycles. The Morgan fingerprint density at radius 2 is 1.74 bits per heavy atom. The highest BCUT2D eigenvalue weighted by Crippen LogP contribution is 2.30. The maximum Gasteiger partial charge on any atom is 0.315 e. The van der Waals surface area contributed by atoms with E-state index in [-0.39, 0.29) is 18.0 Å². The number of carbonyl (C=O) groups is 2. The fourth-order valence-electron chi connectivity index (χ4n) is 3.46. The molecular weight excluding hydrogens is 342 g/mol. The molecule has 1 aliphatic heterocycles. The predicted octanol–water partition coefficient (Wildman–Crippen LogP) is 2.59. The molecule has 144 valence electrons. The van der Waals surface area contributed by atoms with E-state index in [9.17, 15) is 9.59 Å². The fourth-order valence-corrected chi connectivity index (χ4v) is 3.46. The van der Waals surface area contributed by atoms with Crippen molar-refractivity contribution >= 4 is 11.9 Å². The van der Waals surface area contributed by atoms with Crippen LogP contribution in [0, 0.1) is 13.8 Å². The van der Waals surface area contributed by atoms with Crippen LogP contribution in [0.2, 0.25) is 0 Å². The topological polar surface area (TPSA) is 93.2 Å². The average molecular weight is 369 g/mol. The quantitative estimate of drug-likeness (QED) is 0.852. The summed E-state index contributed by atoms with van der Waals surface area (Å²) in [5, 5.41) is 7.75. The SMILES string of the molecule is Cc1cc(C)cc(-c2nn3c(c2C(=O)NC(C)(C)C)CN(C(N)=O)CC3)c1. The fraction of sp³-hybridized carbons (Fsp3) is 0.450. The van der Waals surface area contributed by atoms with Crippen LogP contribution >= 0.6 is 0 Å². The summed E-state index contributed by atoms with van der Waals surface area (Å²) >= 11 is 0. The van der Waals surface area contributed by atoms with Gasteiger partial charge in [-0.05, 0) is 46.8 Å². The van der Waals surface area contributed by atoms with Crippen molar-refractivity contribution in [1.82, 2.24) is 20.0 Å². The standard InChI is InChI=1S/C20H27N5O2/c1-12-8-13(2)10-14(9-12)17-16(18(26)22-20(3,4)5)15-11-24(19(21)27)6-7-25(15)23-17/h8-10H,6-7,11H2,1-5H3,(H2,21,27)(H,22,26). The Morgan fingerprint density at radius 1 is 1.11 bits per heavy atom. The van der Waals surface area contributed by atoms with E-state index in [4.69, 9.17) is 10.8 Å². The van der Waals surface area contributed by atoms with Crippen molar-refractivity contribution in [2.24, 2.45) is 5.73 Å². The first-order valence-corrected chi connectivity index (χ1v) is 9.10. The van der Waals surface area contributed by atoms with E-state index in [1.54, 1.807) is 0 Å². The molecule has 0 saturated carbocycles. The van der Waals surface area contributed by atoms with Crippen molar-refractivity contribution in [3.63, 3.8) is 0 Å². The molecule has 7 nitrogen and oxygen atoms in total. The van der Waals surface area contributed by atoms with E-state index in [1.165, 1.54) is 4.90 Å². The molecular formula is C20H27N5O2. The summed E-state index contributed by atoms with van der Waals surface area (Å²) in [4.78, 5) is 26.3. The summed E-state index contributed by atoms with van der Waals surface area (Å²) in [6.07, 6.45) is 0. The molecule has 0 bridgehead atoms. The molecule has 0 saturated heterocycles. The summed E-state index contributed by atoms with van der Waals surface area (Å²) in [5.74, 6) is -0.191. The van der Waals surface area contributed by atoms with Crippen LogP contribution in [0.5, 0.6) is 0 Å². The molecule has 7 heteroatoms. The molecule has 0 fully saturated rings. The number of carbonyl (C=O) groups excluding carboxylic acids is 2. The summed E-state index contributed by atoms with van der Waals surface area (Å²) in [7, 11) is 0. The zero-order valence-corrected chi connectivity index (χ0v) is 16.6. The lowest BCUT2D eigenvalue weighted by atomic mass is 9.99. The van der Waals surface area contributed by atoms with Crippen molar-refractivity contribution in [1.29, 1.82) is 0 Å². The minimum atomic E-state index is -0.488. The van der Waals surface area contributed by atoms with E-state index in [0.717, 1.165) is 22.4 Å². The Bertz CT molecular complexity index is 888. The highest BCUT2D eigenvalue weighted by Gasteiger charge is 2.31. The summed E-state index contributed by atoms with van der Waals surface area (Å²) in [6.45, 7) is 11.1. The highest BCUT2D eigenvalue weighted by molar-refractivity contribution is 6.01. The van der Waals surface area contributed by atoms with Crippen molar-refractivity contribution < 1.29 is 9.59 Å². The maximum atomic E-state index is 13.1. The zero-order valence-electron chi connectivity index (χ0n) is 16.6. The molecule has 2 aromatic rings. The Kier molecular flexibility index (Phi) is 4.71. The number of benzene rings is 1. The second-order valence-electron chi connectivity index (χ2n) is 8.23. The number of rotatable bonds is 2. The lowest BCUT2D eigenvalue weighted by molar-refractivity contribution is 0.0916. The summed E-state index contributed by atoms with van der Waals surface area (Å²) in [5.41, 5.74) is 10.1. The van der Waals surface area contributed by atoms with Crippen LogP contribution in [0.25, 0.3) is 11.3 Å². The lowest BCUT2D eigenvalue weighted by Gasteiger charge is -2.27. The van der Waals surface area contributed by atoms with Crippen molar-refractivity contribution in [3.8, 4) is 11.3 Å². The van der Waals surface area contributed by atoms with Gasteiger partial charge in [0, 0.05) is 17.6 Å². The van der Waals surface area contributed by atoms with Gasteiger partial charge >= 0.3 is 6.03 Å². The number of hydrogen-bond donors (Lipinski definition) is 2. The van der Waals surface area contributed by atoms with Gasteiger partial charge < -0.3 is 16.0 Å². The van der Waals surface area contributed by atoms with Crippen LogP contribution in [0.3, 0.4) is 0 Å². The largest absolute Gasteiger partial charge is 0.351 e. The molecule has 1 aliphatic rings. The van der Waals surface area contributed by atoms with E-state index in [1.807, 2.05) is 51.4 Å². The number of nitrogens with zero attached hydrogens (tertiary/aromatic N) is 3. The van der Waals surface area contributed by atoms with Gasteiger partial charge in [-0.15, -0.1) is 0 Å². The van der Waals surface area contributed by atoms with Gasteiger partial charge in [0.15, 0.2) is 0 Å². The summed E-state index contributed by atoms with van der Waals surface area (Å²) < 4.78 is 1.82. The Labute approximate surface area is 159 Å². The molecule has 1 aromatic heterocycles. The van der Waals surface area contributed by atoms with Gasteiger partial charge in [-0.3, -0.25) is 9.48 Å². The molecule has 0 radical (unpaired) electrons. The molecule has 2 heterocycles. The Morgan fingerprint density at radius 3 is 2.30 bits per heavy atom. The average Bonchev–Trinajstić information content (AvgIpc) is 2.90. The predicted molar refractivity (Wildman–Crippen MR) is 104 cm³/mol. The smallest absolute Gasteiger partial charge is 0.315 e. The van der Waals surface area contributed by atoms with Crippen LogP contribution in [0.4, 0.5) is 4.79 Å². The van der Waals surface area contributed by atoms with Crippen LogP contribution in [-0.2, 0) is 13.1 Å². The Hall–Kier alpha value is -2.83. The van der Waals surface area contributed by atoms with Gasteiger partial charge in [-0.2, -0.15) is 5.10 Å². The third-order valence-corrected chi connectivity index (χ3v) is 4.50. The van der Waals surface area contributed by atoms with Crippen LogP contribution < -0.4 is 11.1 Å². The number of urea groups is 1. The van der Waals surface area contributed by atoms with Crippen LogP contribution in [-0.4, -0.2) is 38.7 Å². The molecule has 27 heavy (non-hydrogen) atoms. The number of nitrogens with one attached hydrogen (secondary N) is 1. The van der Waals surface area contributed by atoms with Crippen molar-refractivity contribution in [3.05, 3.63) is 40.6 Å². The third-order valence-electron chi connectivity index (χ3n) is 4.50. The first-order valence-electron chi connectivity index (χ1n) is 9.10. The van der Waals surface area contributed by atoms with Gasteiger partial charge in [-0.1, -0.05) is 17.2 Å². The normalized spacial score (nSPS) is 14.0. The molecule has 3 N–H and O–H groups in total. The second-order valence-corrected chi connectivity index (χ2v) is 8.23. The second kappa shape index (κ2) is 6.72. The molecule has 0 aliphatic carbocycles. The number of nitrogens with two attached hydrogens (primary N) is 1. The van der Waals surface area contributed by atoms with Crippen molar-refractivity contribution in [2.75, 3.05) is 6.54 Å². The number of amides is 3. The van der Waals surface area contributed by atoms with Crippen molar-refractivity contribution in [2.45, 2.75) is 53.2 Å². The number of aromatic nitrogens is 2. The van der Waals surface area contributed by atoms with Gasteiger partial charge in [0.2, 0.25) is 0 Å². The molecule has 3 rings (SSSR count). The van der Waals surface area contributed by atoms with Gasteiger partial charge in [-0.25, -0.2) is 4.79 Å². The molecule has 0 spiro atoms. The minimum Gasteiger partial charge on any atom is -0.351 e. The highest BCUT2D eigenvalue weighted by atomic mass is 16.2. The molecule has 0 atom stereocenters. The maximum absolute atomic E-state index is 13.1. The van der Waals surface area contributed by atoms with E-state index in [0.29, 0.717) is 24.3 Å². The van der Waals surface area contributed by atoms with Gasteiger partial charge in [0.05, 0.1) is 24.3 Å². The van der Waals surface area contributed by atoms with E-state index in [2.05, 4.69) is 11.4 Å². The number of aryl methyl sites for hydroxylation is 2. The molecule has 3 amide bonds. The van der Waals surface area contributed by atoms with E-state index < -0.39 is 6.03 Å². The van der Waals surface area contributed by atoms with Gasteiger partial charge in [0.1, 0.15) is 5.69 Å². The van der Waals surface area contributed by atoms with E-state index >= 15 is 0 Å². The zero-order chi connectivity index (χ0) is 19.9. The van der Waals surface area contributed by atoms with Crippen LogP contribution in [0.15, 0.2) is 18.2 Å². The minimum absolute atomic E-state index is 0.191. The lowest BCUT2D eigenvalue weighted by Crippen LogP contribution is -2.44. The number of hydrogen-bond acceptors (Lipinski definition) is 3. The van der Waals surface area contributed by atoms with Crippen LogP contribution in [0.1, 0.15) is 48.0 Å². The number of fused-ring (bicyclic) bond motifs is 1. The Balaban J connectivity index is 2.16. The van der Waals surface area contributed by atoms with Gasteiger partial charge in [0.25, 0.3) is 5.91 Å².